The average Bonchev–Trinajstić information content (AvgIpc) is 2.74. The molecule has 0 aliphatic heterocycles. The Morgan fingerprint density at radius 3 is 2.21 bits per heavy atom. The molecule has 0 unspecified atom stereocenters. The first-order chi connectivity index (χ1) is 8.71. The van der Waals surface area contributed by atoms with Crippen molar-refractivity contribution in [2.75, 3.05) is 0 Å². The van der Waals surface area contributed by atoms with Gasteiger partial charge in [0.15, 0.2) is 5.82 Å². The van der Waals surface area contributed by atoms with E-state index in [1.807, 2.05) is 20.8 Å². The standard InChI is InChI=1S/C11H13ClN4O2S/c1-11(2,3)16-9(8-4-6-13-7-5-8)14-15-10(16)19(12,17)18/h4-7H,1-3H3. The zero-order valence-electron chi connectivity index (χ0n) is 10.7. The third kappa shape index (κ3) is 2.76. The van der Waals surface area contributed by atoms with Crippen LogP contribution in [-0.2, 0) is 14.6 Å². The third-order valence-corrected chi connectivity index (χ3v) is 3.58. The first-order valence-corrected chi connectivity index (χ1v) is 7.83. The van der Waals surface area contributed by atoms with Gasteiger partial charge in [-0.2, -0.15) is 0 Å². The molecule has 0 spiro atoms. The van der Waals surface area contributed by atoms with E-state index in [1.165, 1.54) is 4.57 Å². The van der Waals surface area contributed by atoms with E-state index in [0.717, 1.165) is 5.56 Å². The second-order valence-corrected chi connectivity index (χ2v) is 7.45. The topological polar surface area (TPSA) is 77.7 Å². The van der Waals surface area contributed by atoms with Crippen molar-refractivity contribution in [3.63, 3.8) is 0 Å². The molecule has 102 valence electrons. The van der Waals surface area contributed by atoms with Crippen LogP contribution in [0.25, 0.3) is 11.4 Å². The van der Waals surface area contributed by atoms with Crippen LogP contribution in [0.2, 0.25) is 0 Å². The minimum Gasteiger partial charge on any atom is -0.291 e. The Kier molecular flexibility index (Phi) is 3.36. The highest BCUT2D eigenvalue weighted by Crippen LogP contribution is 2.28. The van der Waals surface area contributed by atoms with E-state index in [9.17, 15) is 8.42 Å². The highest BCUT2D eigenvalue weighted by Gasteiger charge is 2.30. The smallest absolute Gasteiger partial charge is 0.291 e. The summed E-state index contributed by atoms with van der Waals surface area (Å²) in [6.45, 7) is 5.56. The van der Waals surface area contributed by atoms with Crippen molar-refractivity contribution in [1.82, 2.24) is 19.7 Å². The molecule has 8 heteroatoms. The maximum Gasteiger partial charge on any atom is 0.296 e. The molecule has 2 aromatic rings. The molecule has 0 atom stereocenters. The Hall–Kier alpha value is -1.47. The quantitative estimate of drug-likeness (QED) is 0.793. The number of pyridine rings is 1. The SMILES string of the molecule is CC(C)(C)n1c(-c2ccncc2)nnc1S(=O)(=O)Cl. The molecule has 6 nitrogen and oxygen atoms in total. The normalized spacial score (nSPS) is 12.6. The van der Waals surface area contributed by atoms with Gasteiger partial charge in [0, 0.05) is 34.2 Å². The minimum absolute atomic E-state index is 0.256. The molecule has 0 aliphatic carbocycles. The molecule has 2 heterocycles. The van der Waals surface area contributed by atoms with Crippen LogP contribution in [0.4, 0.5) is 0 Å². The van der Waals surface area contributed by atoms with Crippen LogP contribution < -0.4 is 0 Å². The highest BCUT2D eigenvalue weighted by molar-refractivity contribution is 8.13. The number of rotatable bonds is 2. The number of halogens is 1. The van der Waals surface area contributed by atoms with Crippen molar-refractivity contribution in [1.29, 1.82) is 0 Å². The molecule has 0 amide bonds. The second kappa shape index (κ2) is 4.57. The first-order valence-electron chi connectivity index (χ1n) is 5.52. The van der Waals surface area contributed by atoms with Crippen molar-refractivity contribution < 1.29 is 8.42 Å². The van der Waals surface area contributed by atoms with Gasteiger partial charge >= 0.3 is 0 Å². The van der Waals surface area contributed by atoms with Crippen molar-refractivity contribution in [3.05, 3.63) is 24.5 Å². The van der Waals surface area contributed by atoms with Gasteiger partial charge in [0.05, 0.1) is 0 Å². The van der Waals surface area contributed by atoms with Crippen molar-refractivity contribution in [3.8, 4) is 11.4 Å². The van der Waals surface area contributed by atoms with E-state index in [4.69, 9.17) is 10.7 Å². The third-order valence-electron chi connectivity index (χ3n) is 2.46. The Morgan fingerprint density at radius 2 is 1.74 bits per heavy atom. The van der Waals surface area contributed by atoms with E-state index in [-0.39, 0.29) is 5.16 Å². The van der Waals surface area contributed by atoms with Gasteiger partial charge in [-0.05, 0) is 32.9 Å². The molecule has 2 aromatic heterocycles. The average molecular weight is 301 g/mol. The van der Waals surface area contributed by atoms with Crippen LogP contribution in [-0.4, -0.2) is 28.2 Å². The van der Waals surface area contributed by atoms with Crippen molar-refractivity contribution in [2.24, 2.45) is 0 Å². The van der Waals surface area contributed by atoms with Gasteiger partial charge in [-0.3, -0.25) is 9.55 Å². The van der Waals surface area contributed by atoms with E-state index in [0.29, 0.717) is 5.82 Å². The Labute approximate surface area is 115 Å². The zero-order chi connectivity index (χ0) is 14.3. The second-order valence-electron chi connectivity index (χ2n) is 4.99. The maximum absolute atomic E-state index is 11.6. The molecular formula is C11H13ClN4O2S. The summed E-state index contributed by atoms with van der Waals surface area (Å²) in [4.78, 5) is 3.92. The molecule has 0 radical (unpaired) electrons. The fraction of sp³-hybridized carbons (Fsp3) is 0.364. The van der Waals surface area contributed by atoms with Crippen LogP contribution >= 0.6 is 10.7 Å². The lowest BCUT2D eigenvalue weighted by Gasteiger charge is -2.23. The van der Waals surface area contributed by atoms with Crippen LogP contribution in [0, 0.1) is 0 Å². The molecule has 0 bridgehead atoms. The van der Waals surface area contributed by atoms with Crippen molar-refractivity contribution >= 4 is 19.7 Å². The predicted octanol–water partition coefficient (Wildman–Crippen LogP) is 2.02. The lowest BCUT2D eigenvalue weighted by atomic mass is 10.1. The van der Waals surface area contributed by atoms with Crippen LogP contribution in [0.1, 0.15) is 20.8 Å². The predicted molar refractivity (Wildman–Crippen MR) is 71.3 cm³/mol. The molecule has 0 aromatic carbocycles. The van der Waals surface area contributed by atoms with E-state index >= 15 is 0 Å². The summed E-state index contributed by atoms with van der Waals surface area (Å²) < 4.78 is 24.7. The maximum atomic E-state index is 11.6. The molecular weight excluding hydrogens is 288 g/mol. The zero-order valence-corrected chi connectivity index (χ0v) is 12.3. The summed E-state index contributed by atoms with van der Waals surface area (Å²) in [5.74, 6) is 0.439. The highest BCUT2D eigenvalue weighted by atomic mass is 35.7. The number of nitrogens with zero attached hydrogens (tertiary/aromatic N) is 4. The largest absolute Gasteiger partial charge is 0.296 e. The van der Waals surface area contributed by atoms with Crippen LogP contribution in [0.5, 0.6) is 0 Å². The first kappa shape index (κ1) is 14.0. The summed E-state index contributed by atoms with van der Waals surface area (Å²) in [6, 6.07) is 3.47. The fourth-order valence-electron chi connectivity index (χ4n) is 1.72. The van der Waals surface area contributed by atoms with Gasteiger partial charge in [-0.1, -0.05) is 0 Å². The summed E-state index contributed by atoms with van der Waals surface area (Å²) in [6.07, 6.45) is 3.21. The molecule has 0 N–H and O–H groups in total. The summed E-state index contributed by atoms with van der Waals surface area (Å²) in [5, 5.41) is 7.39. The van der Waals surface area contributed by atoms with Gasteiger partial charge in [0.25, 0.3) is 14.2 Å². The molecule has 0 saturated carbocycles. The fourth-order valence-corrected chi connectivity index (χ4v) is 2.74. The van der Waals surface area contributed by atoms with E-state index < -0.39 is 14.6 Å². The summed E-state index contributed by atoms with van der Waals surface area (Å²) >= 11 is 0. The Morgan fingerprint density at radius 1 is 1.16 bits per heavy atom. The molecule has 0 aliphatic rings. The molecule has 0 fully saturated rings. The Bertz CT molecular complexity index is 689. The lowest BCUT2D eigenvalue weighted by molar-refractivity contribution is 0.367. The number of hydrogen-bond donors (Lipinski definition) is 0. The lowest BCUT2D eigenvalue weighted by Crippen LogP contribution is -2.25. The molecule has 0 saturated heterocycles. The minimum atomic E-state index is -3.96. The Balaban J connectivity index is 2.75. The van der Waals surface area contributed by atoms with Gasteiger partial charge in [-0.15, -0.1) is 10.2 Å². The van der Waals surface area contributed by atoms with Gasteiger partial charge < -0.3 is 0 Å². The van der Waals surface area contributed by atoms with Crippen molar-refractivity contribution in [2.45, 2.75) is 31.5 Å². The number of hydrogen-bond acceptors (Lipinski definition) is 5. The summed E-state index contributed by atoms with van der Waals surface area (Å²) in [5.41, 5.74) is 0.198. The monoisotopic (exact) mass is 300 g/mol. The van der Waals surface area contributed by atoms with Gasteiger partial charge in [0.2, 0.25) is 0 Å². The van der Waals surface area contributed by atoms with E-state index in [1.54, 1.807) is 24.5 Å². The molecule has 19 heavy (non-hydrogen) atoms. The van der Waals surface area contributed by atoms with Crippen LogP contribution in [0.15, 0.2) is 29.7 Å². The van der Waals surface area contributed by atoms with Crippen LogP contribution in [0.3, 0.4) is 0 Å². The van der Waals surface area contributed by atoms with Gasteiger partial charge in [0.1, 0.15) is 0 Å². The summed E-state index contributed by atoms with van der Waals surface area (Å²) in [7, 11) is 1.45. The molecule has 2 rings (SSSR count). The number of aromatic nitrogens is 4. The van der Waals surface area contributed by atoms with E-state index in [2.05, 4.69) is 15.2 Å². The van der Waals surface area contributed by atoms with Gasteiger partial charge in [-0.25, -0.2) is 8.42 Å².